The zero-order chi connectivity index (χ0) is 9.26. The largest absolute Gasteiger partial charge is 0.152 e. The monoisotopic (exact) mass is 210 g/mol. The van der Waals surface area contributed by atoms with E-state index in [1.807, 2.05) is 30.5 Å². The Bertz CT molecular complexity index is 412. The molecule has 0 N–H and O–H groups in total. The van der Waals surface area contributed by atoms with E-state index >= 15 is 0 Å². The molecule has 4 heteroatoms. The molecule has 0 fully saturated rings. The second-order valence-corrected chi connectivity index (χ2v) is 4.01. The normalized spacial score (nSPS) is 10.3. The van der Waals surface area contributed by atoms with Crippen molar-refractivity contribution in [2.24, 2.45) is 0 Å². The van der Waals surface area contributed by atoms with Gasteiger partial charge in [-0.25, -0.2) is 0 Å². The average Bonchev–Trinajstić information content (AvgIpc) is 2.56. The van der Waals surface area contributed by atoms with E-state index in [1.54, 1.807) is 11.3 Å². The van der Waals surface area contributed by atoms with Gasteiger partial charge in [0, 0.05) is 0 Å². The molecule has 2 rings (SSSR count). The minimum Gasteiger partial charge on any atom is -0.148 e. The number of hydrogen-bond donors (Lipinski definition) is 0. The van der Waals surface area contributed by atoms with E-state index in [0.29, 0.717) is 5.15 Å². The lowest BCUT2D eigenvalue weighted by atomic mass is 10.2. The highest BCUT2D eigenvalue weighted by Crippen LogP contribution is 2.25. The molecule has 0 saturated carbocycles. The highest BCUT2D eigenvalue weighted by Gasteiger charge is 2.05. The van der Waals surface area contributed by atoms with Crippen molar-refractivity contribution in [1.29, 1.82) is 0 Å². The predicted molar refractivity (Wildman–Crippen MR) is 55.1 cm³/mol. The molecule has 13 heavy (non-hydrogen) atoms. The molecule has 0 aliphatic carbocycles. The van der Waals surface area contributed by atoms with Crippen LogP contribution in [0.1, 0.15) is 5.56 Å². The van der Waals surface area contributed by atoms with Gasteiger partial charge in [0.15, 0.2) is 5.15 Å². The van der Waals surface area contributed by atoms with Crippen LogP contribution in [0.5, 0.6) is 0 Å². The number of aromatic nitrogens is 2. The summed E-state index contributed by atoms with van der Waals surface area (Å²) in [5.41, 5.74) is 1.97. The van der Waals surface area contributed by atoms with Crippen LogP contribution in [0.2, 0.25) is 5.15 Å². The summed E-state index contributed by atoms with van der Waals surface area (Å²) in [6, 6.07) is 5.84. The van der Waals surface area contributed by atoms with Crippen LogP contribution in [-0.2, 0) is 0 Å². The van der Waals surface area contributed by atoms with E-state index in [-0.39, 0.29) is 0 Å². The summed E-state index contributed by atoms with van der Waals surface area (Å²) in [7, 11) is 0. The van der Waals surface area contributed by atoms with Crippen LogP contribution in [0.25, 0.3) is 10.6 Å². The molecular weight excluding hydrogens is 204 g/mol. The zero-order valence-electron chi connectivity index (χ0n) is 6.99. The molecule has 0 aliphatic heterocycles. The Morgan fingerprint density at radius 1 is 1.38 bits per heavy atom. The van der Waals surface area contributed by atoms with E-state index in [4.69, 9.17) is 11.6 Å². The van der Waals surface area contributed by atoms with Gasteiger partial charge in [-0.05, 0) is 30.0 Å². The van der Waals surface area contributed by atoms with Gasteiger partial charge in [0.25, 0.3) is 0 Å². The molecule has 0 spiro atoms. The lowest BCUT2D eigenvalue weighted by Gasteiger charge is -1.99. The van der Waals surface area contributed by atoms with Gasteiger partial charge in [-0.15, -0.1) is 21.5 Å². The third-order valence-electron chi connectivity index (χ3n) is 1.71. The van der Waals surface area contributed by atoms with Crippen LogP contribution in [-0.4, -0.2) is 10.2 Å². The average molecular weight is 211 g/mol. The first-order valence-corrected chi connectivity index (χ1v) is 5.07. The summed E-state index contributed by atoms with van der Waals surface area (Å²) in [5, 5.41) is 10.3. The maximum Gasteiger partial charge on any atom is 0.152 e. The molecule has 0 radical (unpaired) electrons. The highest BCUT2D eigenvalue weighted by atomic mass is 35.5. The molecule has 0 saturated heterocycles. The lowest BCUT2D eigenvalue weighted by Crippen LogP contribution is -1.89. The molecule has 0 bridgehead atoms. The molecule has 0 atom stereocenters. The number of rotatable bonds is 1. The highest BCUT2D eigenvalue weighted by molar-refractivity contribution is 7.13. The molecule has 66 valence electrons. The van der Waals surface area contributed by atoms with E-state index < -0.39 is 0 Å². The quantitative estimate of drug-likeness (QED) is 0.723. The van der Waals surface area contributed by atoms with Crippen molar-refractivity contribution in [3.63, 3.8) is 0 Å². The Kier molecular flexibility index (Phi) is 2.29. The van der Waals surface area contributed by atoms with E-state index in [9.17, 15) is 0 Å². The van der Waals surface area contributed by atoms with Crippen molar-refractivity contribution in [3.8, 4) is 10.6 Å². The van der Waals surface area contributed by atoms with Crippen molar-refractivity contribution >= 4 is 22.9 Å². The smallest absolute Gasteiger partial charge is 0.148 e. The van der Waals surface area contributed by atoms with Crippen LogP contribution in [0.4, 0.5) is 0 Å². The first-order valence-electron chi connectivity index (χ1n) is 3.81. The minimum absolute atomic E-state index is 0.442. The third kappa shape index (κ3) is 1.71. The molecule has 0 aliphatic rings. The summed E-state index contributed by atoms with van der Waals surface area (Å²) in [4.78, 5) is 1.13. The van der Waals surface area contributed by atoms with Gasteiger partial charge in [-0.3, -0.25) is 0 Å². The van der Waals surface area contributed by atoms with Crippen molar-refractivity contribution < 1.29 is 0 Å². The molecule has 0 aromatic carbocycles. The van der Waals surface area contributed by atoms with E-state index in [0.717, 1.165) is 16.1 Å². The van der Waals surface area contributed by atoms with Gasteiger partial charge in [0.05, 0.1) is 4.88 Å². The second-order valence-electron chi connectivity index (χ2n) is 2.68. The standard InChI is InChI=1S/C9H7ClN2S/c1-6-5-8(10)11-12-9(6)7-3-2-4-13-7/h2-5H,1H3. The van der Waals surface area contributed by atoms with Gasteiger partial charge in [0.1, 0.15) is 5.69 Å². The SMILES string of the molecule is Cc1cc(Cl)nnc1-c1cccs1. The van der Waals surface area contributed by atoms with Gasteiger partial charge in [0.2, 0.25) is 0 Å². The van der Waals surface area contributed by atoms with Gasteiger partial charge >= 0.3 is 0 Å². The summed E-state index contributed by atoms with van der Waals surface area (Å²) < 4.78 is 0. The summed E-state index contributed by atoms with van der Waals surface area (Å²) in [6.45, 7) is 1.98. The number of halogens is 1. The molecule has 2 aromatic heterocycles. The first-order chi connectivity index (χ1) is 6.27. The summed E-state index contributed by atoms with van der Waals surface area (Å²) in [5.74, 6) is 0. The number of aryl methyl sites for hydroxylation is 1. The number of thiophene rings is 1. The molecule has 0 amide bonds. The second kappa shape index (κ2) is 3.44. The summed E-state index contributed by atoms with van der Waals surface area (Å²) >= 11 is 7.36. The van der Waals surface area contributed by atoms with Crippen LogP contribution in [0.15, 0.2) is 23.6 Å². The molecule has 2 aromatic rings. The Balaban J connectivity index is 2.53. The molecule has 2 nitrogen and oxygen atoms in total. The fraction of sp³-hybridized carbons (Fsp3) is 0.111. The molecule has 0 unspecified atom stereocenters. The number of nitrogens with zero attached hydrogens (tertiary/aromatic N) is 2. The maximum atomic E-state index is 5.71. The lowest BCUT2D eigenvalue weighted by molar-refractivity contribution is 1.03. The Morgan fingerprint density at radius 3 is 2.85 bits per heavy atom. The summed E-state index contributed by atoms with van der Waals surface area (Å²) in [6.07, 6.45) is 0. The van der Waals surface area contributed by atoms with Crippen molar-refractivity contribution in [2.75, 3.05) is 0 Å². The topological polar surface area (TPSA) is 25.8 Å². The van der Waals surface area contributed by atoms with Crippen LogP contribution < -0.4 is 0 Å². The minimum atomic E-state index is 0.442. The predicted octanol–water partition coefficient (Wildman–Crippen LogP) is 3.17. The first kappa shape index (κ1) is 8.66. The van der Waals surface area contributed by atoms with Gasteiger partial charge in [-0.1, -0.05) is 17.7 Å². The van der Waals surface area contributed by atoms with Crippen LogP contribution >= 0.6 is 22.9 Å². The van der Waals surface area contributed by atoms with Crippen molar-refractivity contribution in [1.82, 2.24) is 10.2 Å². The van der Waals surface area contributed by atoms with Crippen molar-refractivity contribution in [2.45, 2.75) is 6.92 Å². The fourth-order valence-electron chi connectivity index (χ4n) is 1.11. The fourth-order valence-corrected chi connectivity index (χ4v) is 2.09. The zero-order valence-corrected chi connectivity index (χ0v) is 8.56. The van der Waals surface area contributed by atoms with E-state index in [2.05, 4.69) is 10.2 Å². The van der Waals surface area contributed by atoms with Crippen molar-refractivity contribution in [3.05, 3.63) is 34.3 Å². The molecule has 2 heterocycles. The Hall–Kier alpha value is -0.930. The molecular formula is C9H7ClN2S. The Labute approximate surface area is 85.2 Å². The van der Waals surface area contributed by atoms with E-state index in [1.165, 1.54) is 0 Å². The Morgan fingerprint density at radius 2 is 2.23 bits per heavy atom. The number of hydrogen-bond acceptors (Lipinski definition) is 3. The van der Waals surface area contributed by atoms with Crippen LogP contribution in [0.3, 0.4) is 0 Å². The van der Waals surface area contributed by atoms with Gasteiger partial charge in [-0.2, -0.15) is 0 Å². The van der Waals surface area contributed by atoms with Crippen LogP contribution in [0, 0.1) is 6.92 Å². The third-order valence-corrected chi connectivity index (χ3v) is 2.77. The van der Waals surface area contributed by atoms with Gasteiger partial charge < -0.3 is 0 Å². The maximum absolute atomic E-state index is 5.71.